The molecular weight excluding hydrogens is 236 g/mol. The van der Waals surface area contributed by atoms with E-state index in [9.17, 15) is 0 Å². The molecule has 8 heavy (non-hydrogen) atoms. The van der Waals surface area contributed by atoms with Crippen LogP contribution in [0, 0.1) is 0 Å². The van der Waals surface area contributed by atoms with Gasteiger partial charge in [0.1, 0.15) is 0 Å². The number of hydrogen-bond donors (Lipinski definition) is 0. The van der Waals surface area contributed by atoms with Crippen molar-refractivity contribution in [3.63, 3.8) is 0 Å². The van der Waals surface area contributed by atoms with Crippen LogP contribution in [0.4, 0.5) is 0 Å². The average Bonchev–Trinajstić information content (AvgIpc) is 1.98. The van der Waals surface area contributed by atoms with Gasteiger partial charge in [0.25, 0.3) is 0 Å². The fraction of sp³-hybridized carbons (Fsp3) is 1.00. The second kappa shape index (κ2) is 2.67. The van der Waals surface area contributed by atoms with Gasteiger partial charge in [-0.15, -0.1) is 0 Å². The first-order valence-corrected chi connectivity index (χ1v) is 4.44. The highest BCUT2D eigenvalue weighted by molar-refractivity contribution is 9.12. The zero-order chi connectivity index (χ0) is 6.15. The Morgan fingerprint density at radius 3 is 2.25 bits per heavy atom. The second-order valence-electron chi connectivity index (χ2n) is 2.00. The molecule has 1 fully saturated rings. The first-order valence-electron chi connectivity index (χ1n) is 2.61. The molecule has 48 valence electrons. The molecule has 3 unspecified atom stereocenters. The van der Waals surface area contributed by atoms with E-state index < -0.39 is 0 Å². The minimum absolute atomic E-state index is 0.361. The van der Waals surface area contributed by atoms with E-state index >= 15 is 0 Å². The first-order chi connectivity index (χ1) is 3.72. The molecule has 1 saturated heterocycles. The molecule has 0 radical (unpaired) electrons. The molecule has 3 heteroatoms. The van der Waals surface area contributed by atoms with E-state index in [0.29, 0.717) is 15.8 Å². The van der Waals surface area contributed by atoms with Crippen LogP contribution >= 0.6 is 31.9 Å². The van der Waals surface area contributed by atoms with E-state index in [1.807, 2.05) is 0 Å². The van der Waals surface area contributed by atoms with Gasteiger partial charge in [0, 0.05) is 0 Å². The third-order valence-corrected chi connectivity index (χ3v) is 4.24. The lowest BCUT2D eigenvalue weighted by Crippen LogP contribution is -2.16. The van der Waals surface area contributed by atoms with Crippen LogP contribution in [0.2, 0.25) is 0 Å². The summed E-state index contributed by atoms with van der Waals surface area (Å²) in [4.78, 5) is 0.986. The molecule has 0 aromatic heterocycles. The van der Waals surface area contributed by atoms with E-state index in [-0.39, 0.29) is 0 Å². The molecule has 1 rings (SSSR count). The van der Waals surface area contributed by atoms with Crippen molar-refractivity contribution in [3.05, 3.63) is 0 Å². The van der Waals surface area contributed by atoms with Crippen LogP contribution in [0.3, 0.4) is 0 Å². The lowest BCUT2D eigenvalue weighted by Gasteiger charge is -2.05. The molecule has 0 spiro atoms. The Kier molecular flexibility index (Phi) is 2.35. The van der Waals surface area contributed by atoms with Gasteiger partial charge in [-0.05, 0) is 6.92 Å². The summed E-state index contributed by atoms with van der Waals surface area (Å²) >= 11 is 6.97. The summed E-state index contributed by atoms with van der Waals surface area (Å²) in [6.45, 7) is 2.90. The van der Waals surface area contributed by atoms with Gasteiger partial charge in [0.05, 0.1) is 22.4 Å². The van der Waals surface area contributed by atoms with E-state index in [1.165, 1.54) is 0 Å². The van der Waals surface area contributed by atoms with Gasteiger partial charge < -0.3 is 4.74 Å². The average molecular weight is 244 g/mol. The number of ether oxygens (including phenoxy) is 1. The molecule has 0 N–H and O–H groups in total. The molecule has 0 saturated carbocycles. The largest absolute Gasteiger partial charge is 0.376 e. The summed E-state index contributed by atoms with van der Waals surface area (Å²) < 4.78 is 5.28. The van der Waals surface area contributed by atoms with Gasteiger partial charge in [-0.25, -0.2) is 0 Å². The van der Waals surface area contributed by atoms with Crippen LogP contribution in [-0.2, 0) is 4.74 Å². The maximum atomic E-state index is 5.28. The molecule has 0 aromatic carbocycles. The second-order valence-corrected chi connectivity index (χ2v) is 4.23. The van der Waals surface area contributed by atoms with Gasteiger partial charge in [-0.1, -0.05) is 31.9 Å². The van der Waals surface area contributed by atoms with Gasteiger partial charge in [-0.2, -0.15) is 0 Å². The van der Waals surface area contributed by atoms with Gasteiger partial charge in [-0.3, -0.25) is 0 Å². The summed E-state index contributed by atoms with van der Waals surface area (Å²) in [5, 5.41) is 0. The topological polar surface area (TPSA) is 9.23 Å². The summed E-state index contributed by atoms with van der Waals surface area (Å²) in [5.74, 6) is 0. The van der Waals surface area contributed by atoms with Crippen molar-refractivity contribution < 1.29 is 4.74 Å². The third-order valence-electron chi connectivity index (χ3n) is 1.31. The Morgan fingerprint density at radius 2 is 2.12 bits per heavy atom. The lowest BCUT2D eigenvalue weighted by atomic mass is 10.3. The van der Waals surface area contributed by atoms with Crippen molar-refractivity contribution in [2.75, 3.05) is 6.61 Å². The molecule has 1 heterocycles. The minimum Gasteiger partial charge on any atom is -0.376 e. The highest BCUT2D eigenvalue weighted by Gasteiger charge is 2.29. The first kappa shape index (κ1) is 7.03. The van der Waals surface area contributed by atoms with Crippen molar-refractivity contribution in [2.45, 2.75) is 22.7 Å². The third kappa shape index (κ3) is 1.25. The molecule has 1 aliphatic rings. The lowest BCUT2D eigenvalue weighted by molar-refractivity contribution is 0.128. The van der Waals surface area contributed by atoms with Gasteiger partial charge in [0.2, 0.25) is 0 Å². The Bertz CT molecular complexity index is 76.5. The maximum absolute atomic E-state index is 5.28. The summed E-state index contributed by atoms with van der Waals surface area (Å²) in [6.07, 6.45) is 0.361. The van der Waals surface area contributed by atoms with Crippen LogP contribution in [0.1, 0.15) is 6.92 Å². The Hall–Kier alpha value is 0.920. The predicted molar refractivity (Wildman–Crippen MR) is 40.8 cm³/mol. The predicted octanol–water partition coefficient (Wildman–Crippen LogP) is 1.93. The summed E-state index contributed by atoms with van der Waals surface area (Å²) in [5.41, 5.74) is 0. The van der Waals surface area contributed by atoms with Crippen molar-refractivity contribution >= 4 is 31.9 Å². The van der Waals surface area contributed by atoms with Crippen LogP contribution in [0.5, 0.6) is 0 Å². The van der Waals surface area contributed by atoms with E-state index in [2.05, 4.69) is 38.8 Å². The molecule has 0 aliphatic carbocycles. The van der Waals surface area contributed by atoms with Crippen molar-refractivity contribution in [3.8, 4) is 0 Å². The normalized spacial score (nSPS) is 47.6. The minimum atomic E-state index is 0.361. The van der Waals surface area contributed by atoms with E-state index in [1.54, 1.807) is 0 Å². The highest BCUT2D eigenvalue weighted by atomic mass is 79.9. The molecule has 0 amide bonds. The van der Waals surface area contributed by atoms with Crippen molar-refractivity contribution in [2.24, 2.45) is 0 Å². The van der Waals surface area contributed by atoms with E-state index in [0.717, 1.165) is 6.61 Å². The quantitative estimate of drug-likeness (QED) is 0.591. The molecule has 0 aromatic rings. The fourth-order valence-corrected chi connectivity index (χ4v) is 1.61. The maximum Gasteiger partial charge on any atom is 0.0684 e. The van der Waals surface area contributed by atoms with Crippen LogP contribution < -0.4 is 0 Å². The standard InChI is InChI=1S/C5H8Br2O/c1-3-5(7)4(6)2-8-3/h3-5H,2H2,1H3. The van der Waals surface area contributed by atoms with Crippen LogP contribution in [0.25, 0.3) is 0 Å². The monoisotopic (exact) mass is 242 g/mol. The van der Waals surface area contributed by atoms with Crippen molar-refractivity contribution in [1.82, 2.24) is 0 Å². The van der Waals surface area contributed by atoms with E-state index in [4.69, 9.17) is 4.74 Å². The zero-order valence-corrected chi connectivity index (χ0v) is 7.78. The highest BCUT2D eigenvalue weighted by Crippen LogP contribution is 2.26. The Morgan fingerprint density at radius 1 is 1.50 bits per heavy atom. The number of alkyl halides is 2. The fourth-order valence-electron chi connectivity index (χ4n) is 0.722. The number of hydrogen-bond acceptors (Lipinski definition) is 1. The van der Waals surface area contributed by atoms with Gasteiger partial charge >= 0.3 is 0 Å². The smallest absolute Gasteiger partial charge is 0.0684 e. The van der Waals surface area contributed by atoms with Crippen LogP contribution in [0.15, 0.2) is 0 Å². The number of halogens is 2. The number of rotatable bonds is 0. The van der Waals surface area contributed by atoms with Crippen molar-refractivity contribution in [1.29, 1.82) is 0 Å². The summed E-state index contributed by atoms with van der Waals surface area (Å²) in [6, 6.07) is 0. The van der Waals surface area contributed by atoms with Crippen LogP contribution in [-0.4, -0.2) is 22.4 Å². The Labute approximate surface area is 66.0 Å². The zero-order valence-electron chi connectivity index (χ0n) is 4.60. The molecule has 1 aliphatic heterocycles. The molecule has 0 bridgehead atoms. The summed E-state index contributed by atoms with van der Waals surface area (Å²) in [7, 11) is 0. The molecule has 3 atom stereocenters. The Balaban J connectivity index is 2.44. The molecular formula is C5H8Br2O. The molecule has 1 nitrogen and oxygen atoms in total. The SMILES string of the molecule is CC1OCC(Br)C1Br. The van der Waals surface area contributed by atoms with Gasteiger partial charge in [0.15, 0.2) is 0 Å².